The Hall–Kier alpha value is -1.42. The molecule has 2 aromatic carbocycles. The summed E-state index contributed by atoms with van der Waals surface area (Å²) in [5, 5.41) is 0. The first-order valence-electron chi connectivity index (χ1n) is 11.0. The van der Waals surface area contributed by atoms with Crippen molar-refractivity contribution in [2.75, 3.05) is 20.4 Å². The normalized spacial score (nSPS) is 33.6. The molecule has 2 aromatic rings. The van der Waals surface area contributed by atoms with Crippen molar-refractivity contribution in [3.63, 3.8) is 0 Å². The summed E-state index contributed by atoms with van der Waals surface area (Å²) in [4.78, 5) is 1.36. The van der Waals surface area contributed by atoms with Gasteiger partial charge in [-0.05, 0) is 22.8 Å². The molecule has 6 rings (SSSR count). The number of benzene rings is 2. The van der Waals surface area contributed by atoms with Crippen molar-refractivity contribution in [2.45, 2.75) is 60.0 Å². The summed E-state index contributed by atoms with van der Waals surface area (Å²) in [6, 6.07) is 18.8. The number of rotatable bonds is 2. The number of piperidine rings is 1. The molecular weight excluding hydrogens is 446 g/mol. The first-order chi connectivity index (χ1) is 15.1. The maximum absolute atomic E-state index is 9.08. The van der Waals surface area contributed by atoms with Gasteiger partial charge in [-0.2, -0.15) is 0 Å². The zero-order valence-corrected chi connectivity index (χ0v) is 20.1. The molecule has 0 N–H and O–H groups in total. The van der Waals surface area contributed by atoms with E-state index in [4.69, 9.17) is 22.4 Å². The van der Waals surface area contributed by atoms with Gasteiger partial charge in [0.15, 0.2) is 0 Å². The van der Waals surface area contributed by atoms with Crippen LogP contribution in [0, 0.1) is 0 Å². The van der Waals surface area contributed by atoms with E-state index in [2.05, 4.69) is 62.6 Å². The number of epoxide rings is 1. The molecule has 6 nitrogen and oxygen atoms in total. The third-order valence-corrected chi connectivity index (χ3v) is 8.43. The van der Waals surface area contributed by atoms with E-state index in [-0.39, 0.29) is 6.10 Å². The molecular formula is C24H29NO5S2. The monoisotopic (exact) mass is 475 g/mol. The van der Waals surface area contributed by atoms with Gasteiger partial charge in [0, 0.05) is 29.7 Å². The highest BCUT2D eigenvalue weighted by atomic mass is 32.2. The third-order valence-electron chi connectivity index (χ3n) is 7.29. The van der Waals surface area contributed by atoms with Gasteiger partial charge in [0.1, 0.15) is 30.4 Å². The zero-order valence-electron chi connectivity index (χ0n) is 18.5. The van der Waals surface area contributed by atoms with Crippen molar-refractivity contribution in [3.8, 4) is 0 Å². The minimum atomic E-state index is -3.92. The highest BCUT2D eigenvalue weighted by Gasteiger charge is 2.70. The van der Waals surface area contributed by atoms with Crippen LogP contribution >= 0.6 is 11.8 Å². The second-order valence-electron chi connectivity index (χ2n) is 9.67. The van der Waals surface area contributed by atoms with Crippen molar-refractivity contribution < 1.29 is 26.9 Å². The Bertz CT molecular complexity index is 1040. The van der Waals surface area contributed by atoms with Gasteiger partial charge < -0.3 is 18.5 Å². The molecule has 2 bridgehead atoms. The largest absolute Gasteiger partial charge is 0.748 e. The van der Waals surface area contributed by atoms with Crippen molar-refractivity contribution >= 4 is 21.9 Å². The van der Waals surface area contributed by atoms with Crippen LogP contribution in [0.1, 0.15) is 35.6 Å². The molecule has 0 amide bonds. The molecule has 0 aliphatic carbocycles. The molecule has 0 aromatic heterocycles. The SMILES string of the molecule is CS(=O)(=O)[O-].C[N+]1(C)C2CC(OC3c4ccccc4CSc4ccccc43)CC1C1OC12. The number of ether oxygens (including phenoxy) is 2. The van der Waals surface area contributed by atoms with E-state index in [1.165, 1.54) is 21.6 Å². The lowest BCUT2D eigenvalue weighted by Gasteiger charge is -2.46. The van der Waals surface area contributed by atoms with Gasteiger partial charge in [0.25, 0.3) is 0 Å². The Balaban J connectivity index is 0.000000393. The Morgan fingerprint density at radius 3 is 2.22 bits per heavy atom. The molecule has 3 fully saturated rings. The number of nitrogens with zero attached hydrogens (tertiary/aromatic N) is 1. The molecule has 172 valence electrons. The Labute approximate surface area is 194 Å². The van der Waals surface area contributed by atoms with E-state index in [1.54, 1.807) is 0 Å². The van der Waals surface area contributed by atoms with Crippen LogP contribution < -0.4 is 0 Å². The fourth-order valence-corrected chi connectivity index (χ4v) is 6.82. The smallest absolute Gasteiger partial charge is 0.142 e. The van der Waals surface area contributed by atoms with Gasteiger partial charge in [-0.3, -0.25) is 0 Å². The van der Waals surface area contributed by atoms with Crippen LogP contribution in [0.5, 0.6) is 0 Å². The summed E-state index contributed by atoms with van der Waals surface area (Å²) < 4.78 is 41.2. The number of morpholine rings is 1. The van der Waals surface area contributed by atoms with Crippen LogP contribution in [0.4, 0.5) is 0 Å². The Morgan fingerprint density at radius 1 is 1.00 bits per heavy atom. The number of hydrogen-bond donors (Lipinski definition) is 0. The fourth-order valence-electron chi connectivity index (χ4n) is 5.73. The molecule has 5 unspecified atom stereocenters. The summed E-state index contributed by atoms with van der Waals surface area (Å²) in [6.45, 7) is 0. The van der Waals surface area contributed by atoms with Gasteiger partial charge in [0.2, 0.25) is 0 Å². The second kappa shape index (κ2) is 8.11. The number of fused-ring (bicyclic) bond motifs is 7. The number of hydrogen-bond acceptors (Lipinski definition) is 6. The lowest BCUT2D eigenvalue weighted by atomic mass is 9.94. The van der Waals surface area contributed by atoms with Crippen LogP contribution in [0.2, 0.25) is 0 Å². The Morgan fingerprint density at radius 2 is 1.56 bits per heavy atom. The first kappa shape index (κ1) is 22.4. The molecule has 3 saturated heterocycles. The molecule has 5 atom stereocenters. The Kier molecular flexibility index (Phi) is 5.67. The lowest BCUT2D eigenvalue weighted by Crippen LogP contribution is -2.59. The highest BCUT2D eigenvalue weighted by Crippen LogP contribution is 2.53. The van der Waals surface area contributed by atoms with E-state index >= 15 is 0 Å². The molecule has 0 saturated carbocycles. The highest BCUT2D eigenvalue weighted by molar-refractivity contribution is 7.98. The molecule has 0 radical (unpaired) electrons. The summed E-state index contributed by atoms with van der Waals surface area (Å²) in [5.41, 5.74) is 4.09. The third kappa shape index (κ3) is 4.24. The van der Waals surface area contributed by atoms with E-state index in [1.807, 2.05) is 11.8 Å². The van der Waals surface area contributed by atoms with E-state index in [9.17, 15) is 0 Å². The standard InChI is InChI=1S/C23H26NO2S.CH4O3S/c1-24(2)18-11-15(12-19(24)23-22(18)26-23)25-21-16-8-4-3-7-14(16)13-27-20-10-6-5-9-17(20)21;1-5(2,3)4/h3-10,15,18-19,21-23H,11-13H2,1-2H3;1H3,(H,2,3,4)/q+1;/p-1. The van der Waals surface area contributed by atoms with Crippen LogP contribution in [-0.4, -0.2) is 68.2 Å². The van der Waals surface area contributed by atoms with E-state index in [0.717, 1.165) is 23.1 Å². The molecule has 4 aliphatic rings. The van der Waals surface area contributed by atoms with Gasteiger partial charge >= 0.3 is 0 Å². The van der Waals surface area contributed by atoms with Crippen LogP contribution in [0.25, 0.3) is 0 Å². The van der Waals surface area contributed by atoms with Crippen LogP contribution in [-0.2, 0) is 25.3 Å². The minimum absolute atomic E-state index is 0.0442. The zero-order chi connectivity index (χ0) is 22.7. The average molecular weight is 476 g/mol. The molecule has 4 aliphatic heterocycles. The van der Waals surface area contributed by atoms with Gasteiger partial charge in [0.05, 0.1) is 30.3 Å². The fraction of sp³-hybridized carbons (Fsp3) is 0.500. The van der Waals surface area contributed by atoms with Gasteiger partial charge in [-0.15, -0.1) is 11.8 Å². The maximum atomic E-state index is 9.08. The quantitative estimate of drug-likeness (QED) is 0.377. The summed E-state index contributed by atoms with van der Waals surface area (Å²) >= 11 is 1.94. The molecule has 32 heavy (non-hydrogen) atoms. The predicted molar refractivity (Wildman–Crippen MR) is 122 cm³/mol. The van der Waals surface area contributed by atoms with E-state index < -0.39 is 10.1 Å². The van der Waals surface area contributed by atoms with Gasteiger partial charge in [-0.1, -0.05) is 42.5 Å². The molecule has 8 heteroatoms. The first-order valence-corrected chi connectivity index (χ1v) is 13.8. The molecule has 4 heterocycles. The maximum Gasteiger partial charge on any atom is 0.142 e. The topological polar surface area (TPSA) is 79.0 Å². The summed E-state index contributed by atoms with van der Waals surface area (Å²) in [6.07, 6.45) is 4.13. The van der Waals surface area contributed by atoms with Crippen LogP contribution in [0.15, 0.2) is 53.4 Å². The average Bonchev–Trinajstić information content (AvgIpc) is 3.49. The lowest BCUT2D eigenvalue weighted by molar-refractivity contribution is -0.938. The van der Waals surface area contributed by atoms with Crippen molar-refractivity contribution in [3.05, 3.63) is 65.2 Å². The van der Waals surface area contributed by atoms with Gasteiger partial charge in [-0.25, -0.2) is 8.42 Å². The number of quaternary nitrogens is 1. The number of likely N-dealkylation sites (N-methyl/N-ethyl adjacent to an activating group) is 1. The second-order valence-corrected chi connectivity index (χ2v) is 12.1. The van der Waals surface area contributed by atoms with E-state index in [0.29, 0.717) is 36.7 Å². The van der Waals surface area contributed by atoms with Crippen LogP contribution in [0.3, 0.4) is 0 Å². The summed E-state index contributed by atoms with van der Waals surface area (Å²) in [7, 11) is 0.849. The minimum Gasteiger partial charge on any atom is -0.748 e. The number of thioether (sulfide) groups is 1. The van der Waals surface area contributed by atoms with Crippen molar-refractivity contribution in [2.24, 2.45) is 0 Å². The van der Waals surface area contributed by atoms with Crippen molar-refractivity contribution in [1.82, 2.24) is 0 Å². The van der Waals surface area contributed by atoms with Crippen molar-refractivity contribution in [1.29, 1.82) is 0 Å². The summed E-state index contributed by atoms with van der Waals surface area (Å²) in [5.74, 6) is 1.02. The predicted octanol–water partition coefficient (Wildman–Crippen LogP) is 3.32. The molecule has 0 spiro atoms.